The first-order valence-corrected chi connectivity index (χ1v) is 4.87. The Kier molecular flexibility index (Phi) is 2.73. The minimum Gasteiger partial charge on any atom is -0.480 e. The first kappa shape index (κ1) is 10.4. The highest BCUT2D eigenvalue weighted by atomic mass is 16.5. The first-order chi connectivity index (χ1) is 7.74. The molecule has 1 atom stereocenters. The molecule has 82 valence electrons. The summed E-state index contributed by atoms with van der Waals surface area (Å²) in [5.74, 6) is 3.48. The molecule has 1 amide bonds. The standard InChI is InChI=1S/C11H11N3O2/c1-3-8-4-11(15)14(7-8)9-5-13-10(16-2)6-12-9/h1,5-6,8H,4,7H2,2H3. The van der Waals surface area contributed by atoms with Crippen molar-refractivity contribution in [3.05, 3.63) is 12.4 Å². The third-order valence-electron chi connectivity index (χ3n) is 2.46. The summed E-state index contributed by atoms with van der Waals surface area (Å²) in [5, 5.41) is 0. The van der Waals surface area contributed by atoms with E-state index in [2.05, 4.69) is 15.9 Å². The maximum absolute atomic E-state index is 11.6. The van der Waals surface area contributed by atoms with E-state index in [4.69, 9.17) is 11.2 Å². The van der Waals surface area contributed by atoms with E-state index in [-0.39, 0.29) is 11.8 Å². The minimum absolute atomic E-state index is 0.0117. The van der Waals surface area contributed by atoms with Crippen molar-refractivity contribution in [3.63, 3.8) is 0 Å². The average Bonchev–Trinajstić information content (AvgIpc) is 2.71. The van der Waals surface area contributed by atoms with Crippen molar-refractivity contribution in [3.8, 4) is 18.2 Å². The van der Waals surface area contributed by atoms with Crippen LogP contribution in [0.5, 0.6) is 5.88 Å². The Labute approximate surface area is 93.5 Å². The molecule has 0 radical (unpaired) electrons. The topological polar surface area (TPSA) is 55.3 Å². The smallest absolute Gasteiger partial charge is 0.232 e. The van der Waals surface area contributed by atoms with Gasteiger partial charge in [-0.3, -0.25) is 9.69 Å². The van der Waals surface area contributed by atoms with E-state index in [0.717, 1.165) is 0 Å². The quantitative estimate of drug-likeness (QED) is 0.676. The molecular formula is C11H11N3O2. The Balaban J connectivity index is 2.18. The van der Waals surface area contributed by atoms with Crippen molar-refractivity contribution in [1.29, 1.82) is 0 Å². The molecule has 1 aliphatic rings. The number of hydrogen-bond donors (Lipinski definition) is 0. The molecule has 1 saturated heterocycles. The zero-order valence-corrected chi connectivity index (χ0v) is 8.88. The predicted molar refractivity (Wildman–Crippen MR) is 57.9 cm³/mol. The summed E-state index contributed by atoms with van der Waals surface area (Å²) < 4.78 is 4.89. The van der Waals surface area contributed by atoms with Gasteiger partial charge in [-0.15, -0.1) is 12.3 Å². The molecule has 5 heteroatoms. The van der Waals surface area contributed by atoms with Gasteiger partial charge in [-0.25, -0.2) is 9.97 Å². The predicted octanol–water partition coefficient (Wildman–Crippen LogP) is 0.471. The van der Waals surface area contributed by atoms with Gasteiger partial charge in [0.25, 0.3) is 0 Å². The number of terminal acetylenes is 1. The molecule has 1 aromatic heterocycles. The highest BCUT2D eigenvalue weighted by Crippen LogP contribution is 2.22. The fraction of sp³-hybridized carbons (Fsp3) is 0.364. The molecular weight excluding hydrogens is 206 g/mol. The van der Waals surface area contributed by atoms with E-state index in [1.54, 1.807) is 4.90 Å². The number of anilines is 1. The highest BCUT2D eigenvalue weighted by molar-refractivity contribution is 5.95. The third kappa shape index (κ3) is 1.82. The summed E-state index contributed by atoms with van der Waals surface area (Å²) in [4.78, 5) is 21.3. The lowest BCUT2D eigenvalue weighted by Gasteiger charge is -2.13. The fourth-order valence-corrected chi connectivity index (χ4v) is 1.59. The summed E-state index contributed by atoms with van der Waals surface area (Å²) in [5.41, 5.74) is 0. The van der Waals surface area contributed by atoms with Gasteiger partial charge in [0.05, 0.1) is 19.5 Å². The van der Waals surface area contributed by atoms with Gasteiger partial charge < -0.3 is 4.74 Å². The number of ether oxygens (including phenoxy) is 1. The lowest BCUT2D eigenvalue weighted by atomic mass is 10.1. The lowest BCUT2D eigenvalue weighted by molar-refractivity contribution is -0.117. The summed E-state index contributed by atoms with van der Waals surface area (Å²) in [6.45, 7) is 0.510. The molecule has 2 rings (SSSR count). The molecule has 0 spiro atoms. The summed E-state index contributed by atoms with van der Waals surface area (Å²) in [6.07, 6.45) is 8.66. The second kappa shape index (κ2) is 4.19. The van der Waals surface area contributed by atoms with E-state index in [0.29, 0.717) is 24.7 Å². The van der Waals surface area contributed by atoms with Gasteiger partial charge in [-0.05, 0) is 0 Å². The van der Waals surface area contributed by atoms with Crippen LogP contribution in [-0.2, 0) is 4.79 Å². The minimum atomic E-state index is -0.0311. The second-order valence-electron chi connectivity index (χ2n) is 3.49. The van der Waals surface area contributed by atoms with Crippen molar-refractivity contribution in [2.75, 3.05) is 18.6 Å². The Bertz CT molecular complexity index is 436. The van der Waals surface area contributed by atoms with Crippen molar-refractivity contribution < 1.29 is 9.53 Å². The fourth-order valence-electron chi connectivity index (χ4n) is 1.59. The summed E-state index contributed by atoms with van der Waals surface area (Å²) in [7, 11) is 1.51. The van der Waals surface area contributed by atoms with Gasteiger partial charge in [-0.1, -0.05) is 0 Å². The molecule has 0 N–H and O–H groups in total. The highest BCUT2D eigenvalue weighted by Gasteiger charge is 2.30. The van der Waals surface area contributed by atoms with E-state index in [1.807, 2.05) is 0 Å². The van der Waals surface area contributed by atoms with Crippen molar-refractivity contribution in [1.82, 2.24) is 9.97 Å². The number of carbonyl (C=O) groups excluding carboxylic acids is 1. The van der Waals surface area contributed by atoms with Crippen LogP contribution >= 0.6 is 0 Å². The molecule has 0 saturated carbocycles. The van der Waals surface area contributed by atoms with Crippen LogP contribution in [0.2, 0.25) is 0 Å². The number of methoxy groups -OCH3 is 1. The molecule has 2 heterocycles. The van der Waals surface area contributed by atoms with Crippen LogP contribution in [0.4, 0.5) is 5.82 Å². The van der Waals surface area contributed by atoms with Crippen LogP contribution in [0.1, 0.15) is 6.42 Å². The summed E-state index contributed by atoms with van der Waals surface area (Å²) >= 11 is 0. The SMILES string of the molecule is C#CC1CC(=O)N(c2cnc(OC)cn2)C1. The van der Waals surface area contributed by atoms with Crippen LogP contribution in [0.3, 0.4) is 0 Å². The molecule has 0 bridgehead atoms. The van der Waals surface area contributed by atoms with Crippen LogP contribution in [0, 0.1) is 18.3 Å². The van der Waals surface area contributed by atoms with E-state index in [9.17, 15) is 4.79 Å². The number of rotatable bonds is 2. The molecule has 5 nitrogen and oxygen atoms in total. The van der Waals surface area contributed by atoms with Gasteiger partial charge in [0.1, 0.15) is 0 Å². The van der Waals surface area contributed by atoms with Crippen LogP contribution in [0.25, 0.3) is 0 Å². The Hall–Kier alpha value is -2.09. The van der Waals surface area contributed by atoms with Crippen LogP contribution in [0.15, 0.2) is 12.4 Å². The monoisotopic (exact) mass is 217 g/mol. The van der Waals surface area contributed by atoms with E-state index < -0.39 is 0 Å². The number of nitrogens with zero attached hydrogens (tertiary/aromatic N) is 3. The Morgan fingerprint density at radius 2 is 2.38 bits per heavy atom. The molecule has 1 aromatic rings. The van der Waals surface area contributed by atoms with Crippen LogP contribution in [-0.4, -0.2) is 29.5 Å². The Morgan fingerprint density at radius 3 is 2.88 bits per heavy atom. The van der Waals surface area contributed by atoms with E-state index >= 15 is 0 Å². The number of amides is 1. The maximum Gasteiger partial charge on any atom is 0.232 e. The third-order valence-corrected chi connectivity index (χ3v) is 2.46. The van der Waals surface area contributed by atoms with Crippen LogP contribution < -0.4 is 9.64 Å². The van der Waals surface area contributed by atoms with Gasteiger partial charge in [-0.2, -0.15) is 0 Å². The van der Waals surface area contributed by atoms with Crippen molar-refractivity contribution in [2.24, 2.45) is 5.92 Å². The molecule has 0 aromatic carbocycles. The van der Waals surface area contributed by atoms with Gasteiger partial charge in [0.2, 0.25) is 11.8 Å². The molecule has 0 aliphatic carbocycles. The Morgan fingerprint density at radius 1 is 1.56 bits per heavy atom. The number of hydrogen-bond acceptors (Lipinski definition) is 4. The largest absolute Gasteiger partial charge is 0.480 e. The van der Waals surface area contributed by atoms with Crippen molar-refractivity contribution in [2.45, 2.75) is 6.42 Å². The molecule has 1 unspecified atom stereocenters. The van der Waals surface area contributed by atoms with Gasteiger partial charge in [0.15, 0.2) is 5.82 Å². The van der Waals surface area contributed by atoms with Gasteiger partial charge >= 0.3 is 0 Å². The molecule has 1 aliphatic heterocycles. The zero-order valence-electron chi connectivity index (χ0n) is 8.88. The normalized spacial score (nSPS) is 19.6. The van der Waals surface area contributed by atoms with E-state index in [1.165, 1.54) is 19.5 Å². The van der Waals surface area contributed by atoms with Crippen molar-refractivity contribution >= 4 is 11.7 Å². The first-order valence-electron chi connectivity index (χ1n) is 4.87. The zero-order chi connectivity index (χ0) is 11.5. The summed E-state index contributed by atoms with van der Waals surface area (Å²) in [6, 6.07) is 0. The number of aromatic nitrogens is 2. The average molecular weight is 217 g/mol. The second-order valence-corrected chi connectivity index (χ2v) is 3.49. The molecule has 1 fully saturated rings. The lowest BCUT2D eigenvalue weighted by Crippen LogP contribution is -2.25. The van der Waals surface area contributed by atoms with Gasteiger partial charge in [0, 0.05) is 18.9 Å². The maximum atomic E-state index is 11.6. The number of carbonyl (C=O) groups is 1. The molecule has 16 heavy (non-hydrogen) atoms.